The van der Waals surface area contributed by atoms with Crippen molar-refractivity contribution in [1.29, 1.82) is 0 Å². The molecule has 4 aromatic carbocycles. The Balaban J connectivity index is 1.36. The third kappa shape index (κ3) is 5.67. The van der Waals surface area contributed by atoms with Gasteiger partial charge in [-0.05, 0) is 46.8 Å². The van der Waals surface area contributed by atoms with Crippen LogP contribution in [0.4, 0.5) is 11.4 Å². The summed E-state index contributed by atoms with van der Waals surface area (Å²) in [6, 6.07) is 23.7. The molecule has 11 nitrogen and oxygen atoms in total. The monoisotopic (exact) mass is 601 g/mol. The summed E-state index contributed by atoms with van der Waals surface area (Å²) in [5.74, 6) is -0.787. The molecule has 2 heterocycles. The number of aromatic amines is 1. The Morgan fingerprint density at radius 1 is 1.02 bits per heavy atom. The number of anilines is 1. The number of ether oxygens (including phenoxy) is 1. The number of aliphatic hydroxyl groups is 1. The van der Waals surface area contributed by atoms with E-state index in [4.69, 9.17) is 14.0 Å². The molecule has 220 valence electrons. The number of nitrogens with one attached hydrogen (secondary N) is 1. The van der Waals surface area contributed by atoms with Crippen LogP contribution in [0.5, 0.6) is 5.75 Å². The minimum absolute atomic E-state index is 0.0560. The molecular formula is C31H27N3O8S. The van der Waals surface area contributed by atoms with Crippen LogP contribution in [0.25, 0.3) is 21.7 Å². The van der Waals surface area contributed by atoms with Gasteiger partial charge in [0.15, 0.2) is 0 Å². The largest absolute Gasteiger partial charge is 0.491 e. The Bertz CT molecular complexity index is 1960. The summed E-state index contributed by atoms with van der Waals surface area (Å²) in [6.07, 6.45) is 0. The number of aliphatic hydroxyl groups excluding tert-OH is 1. The fraction of sp³-hybridized carbons (Fsp3) is 0.194. The lowest BCUT2D eigenvalue weighted by Crippen LogP contribution is -2.31. The van der Waals surface area contributed by atoms with E-state index in [0.29, 0.717) is 44.2 Å². The van der Waals surface area contributed by atoms with Gasteiger partial charge in [-0.25, -0.2) is 0 Å². The first-order valence-corrected chi connectivity index (χ1v) is 15.1. The minimum atomic E-state index is -3.96. The lowest BCUT2D eigenvalue weighted by Gasteiger charge is -2.17. The van der Waals surface area contributed by atoms with E-state index in [0.717, 1.165) is 0 Å². The number of amides is 1. The first-order chi connectivity index (χ1) is 20.7. The summed E-state index contributed by atoms with van der Waals surface area (Å²) in [5, 5.41) is 22.8. The van der Waals surface area contributed by atoms with Crippen molar-refractivity contribution in [1.82, 2.24) is 4.98 Å². The first-order valence-electron chi connectivity index (χ1n) is 13.5. The second kappa shape index (κ2) is 11.5. The summed E-state index contributed by atoms with van der Waals surface area (Å²) in [5.41, 5.74) is 2.28. The van der Waals surface area contributed by atoms with E-state index in [2.05, 4.69) is 4.98 Å². The van der Waals surface area contributed by atoms with E-state index in [1.807, 2.05) is 0 Å². The molecule has 12 heteroatoms. The zero-order chi connectivity index (χ0) is 30.1. The van der Waals surface area contributed by atoms with Crippen molar-refractivity contribution in [3.8, 4) is 5.75 Å². The standard InChI is InChI=1S/C31H27N3O8S/c35-12-13-41-23-10-11-26-21(14-23)15-27(32-26)31(36)33-17-22(18-42-43(39,40)19-20-6-2-1-3-7-20)30-25-9-5-4-8-24(25)28(34(37)38)16-29(30)33/h1-11,14-16,22,32,35H,12-13,17-19H2. The molecule has 5 aromatic rings. The average molecular weight is 602 g/mol. The zero-order valence-electron chi connectivity index (χ0n) is 22.8. The number of hydrogen-bond donors (Lipinski definition) is 2. The number of nitro groups is 1. The van der Waals surface area contributed by atoms with Crippen molar-refractivity contribution in [2.75, 3.05) is 31.3 Å². The van der Waals surface area contributed by atoms with Crippen molar-refractivity contribution >= 4 is 49.1 Å². The molecule has 1 aliphatic rings. The SMILES string of the molecule is O=C(c1cc2cc(OCCO)ccc2[nH]1)N1CC(COS(=O)(=O)Cc2ccccc2)c2c1cc([N+](=O)[O-])c1ccccc21. The number of non-ortho nitro benzene ring substituents is 1. The maximum absolute atomic E-state index is 13.9. The molecule has 6 rings (SSSR count). The summed E-state index contributed by atoms with van der Waals surface area (Å²) in [4.78, 5) is 30.0. The highest BCUT2D eigenvalue weighted by atomic mass is 32.2. The van der Waals surface area contributed by atoms with E-state index in [9.17, 15) is 23.3 Å². The van der Waals surface area contributed by atoms with Gasteiger partial charge in [0.1, 0.15) is 23.8 Å². The molecular weight excluding hydrogens is 574 g/mol. The van der Waals surface area contributed by atoms with Crippen LogP contribution in [0.3, 0.4) is 0 Å². The van der Waals surface area contributed by atoms with Gasteiger partial charge in [0.25, 0.3) is 21.7 Å². The van der Waals surface area contributed by atoms with Crippen LogP contribution < -0.4 is 9.64 Å². The van der Waals surface area contributed by atoms with Crippen LogP contribution in [-0.4, -0.2) is 55.7 Å². The Morgan fingerprint density at radius 2 is 1.77 bits per heavy atom. The molecule has 1 amide bonds. The molecule has 0 saturated carbocycles. The number of hydrogen-bond acceptors (Lipinski definition) is 8. The number of rotatable bonds is 10. The van der Waals surface area contributed by atoms with Gasteiger partial charge in [-0.15, -0.1) is 0 Å². The molecule has 1 aliphatic heterocycles. The smallest absolute Gasteiger partial charge is 0.279 e. The molecule has 0 spiro atoms. The second-order valence-corrected chi connectivity index (χ2v) is 11.9. The van der Waals surface area contributed by atoms with Crippen molar-refractivity contribution in [2.24, 2.45) is 0 Å². The molecule has 1 atom stereocenters. The van der Waals surface area contributed by atoms with Crippen molar-refractivity contribution in [2.45, 2.75) is 11.7 Å². The van der Waals surface area contributed by atoms with Crippen LogP contribution in [0.15, 0.2) is 84.9 Å². The number of H-pyrrole nitrogens is 1. The van der Waals surface area contributed by atoms with Gasteiger partial charge >= 0.3 is 0 Å². The van der Waals surface area contributed by atoms with Gasteiger partial charge < -0.3 is 19.7 Å². The van der Waals surface area contributed by atoms with E-state index < -0.39 is 26.9 Å². The van der Waals surface area contributed by atoms with Gasteiger partial charge in [0.2, 0.25) is 0 Å². The third-order valence-corrected chi connectivity index (χ3v) is 8.59. The Kier molecular flexibility index (Phi) is 7.57. The Morgan fingerprint density at radius 3 is 2.51 bits per heavy atom. The molecule has 0 saturated heterocycles. The molecule has 0 radical (unpaired) electrons. The number of nitrogens with zero attached hydrogens (tertiary/aromatic N) is 2. The third-order valence-electron chi connectivity index (χ3n) is 7.40. The number of carbonyl (C=O) groups is 1. The molecule has 1 aromatic heterocycles. The quantitative estimate of drug-likeness (QED) is 0.130. The maximum Gasteiger partial charge on any atom is 0.279 e. The summed E-state index contributed by atoms with van der Waals surface area (Å²) < 4.78 is 36.7. The van der Waals surface area contributed by atoms with Crippen molar-refractivity contribution in [3.05, 3.63) is 112 Å². The zero-order valence-corrected chi connectivity index (χ0v) is 23.6. The highest BCUT2D eigenvalue weighted by Crippen LogP contribution is 2.45. The topological polar surface area (TPSA) is 152 Å². The van der Waals surface area contributed by atoms with Crippen molar-refractivity contribution in [3.63, 3.8) is 0 Å². The van der Waals surface area contributed by atoms with E-state index in [-0.39, 0.29) is 43.5 Å². The Labute approximate surface area is 246 Å². The second-order valence-electron chi connectivity index (χ2n) is 10.2. The molecule has 0 aliphatic carbocycles. The molecule has 2 N–H and O–H groups in total. The highest BCUT2D eigenvalue weighted by Gasteiger charge is 2.38. The van der Waals surface area contributed by atoms with Gasteiger partial charge in [-0.1, -0.05) is 48.5 Å². The van der Waals surface area contributed by atoms with Crippen LogP contribution in [-0.2, 0) is 20.1 Å². The van der Waals surface area contributed by atoms with Crippen LogP contribution in [0.2, 0.25) is 0 Å². The van der Waals surface area contributed by atoms with E-state index >= 15 is 0 Å². The predicted molar refractivity (Wildman–Crippen MR) is 161 cm³/mol. The number of fused-ring (bicyclic) bond motifs is 4. The van der Waals surface area contributed by atoms with Gasteiger partial charge in [-0.2, -0.15) is 8.42 Å². The average Bonchev–Trinajstić information content (AvgIpc) is 3.60. The minimum Gasteiger partial charge on any atom is -0.491 e. The van der Waals surface area contributed by atoms with Crippen LogP contribution >= 0.6 is 0 Å². The van der Waals surface area contributed by atoms with E-state index in [1.165, 1.54) is 11.0 Å². The first kappa shape index (κ1) is 28.3. The van der Waals surface area contributed by atoms with E-state index in [1.54, 1.807) is 78.9 Å². The number of nitro benzene ring substituents is 1. The van der Waals surface area contributed by atoms with Crippen LogP contribution in [0, 0.1) is 10.1 Å². The lowest BCUT2D eigenvalue weighted by atomic mass is 9.94. The van der Waals surface area contributed by atoms with Gasteiger partial charge in [-0.3, -0.25) is 19.1 Å². The van der Waals surface area contributed by atoms with Crippen LogP contribution in [0.1, 0.15) is 27.5 Å². The fourth-order valence-electron chi connectivity index (χ4n) is 5.54. The van der Waals surface area contributed by atoms with Gasteiger partial charge in [0, 0.05) is 29.4 Å². The molecule has 43 heavy (non-hydrogen) atoms. The maximum atomic E-state index is 13.9. The summed E-state index contributed by atoms with van der Waals surface area (Å²) in [7, 11) is -3.96. The highest BCUT2D eigenvalue weighted by molar-refractivity contribution is 7.85. The molecule has 0 fully saturated rings. The molecule has 0 bridgehead atoms. The number of benzene rings is 4. The van der Waals surface area contributed by atoms with Gasteiger partial charge in [0.05, 0.1) is 29.2 Å². The number of carbonyl (C=O) groups excluding carboxylic acids is 1. The predicted octanol–water partition coefficient (Wildman–Crippen LogP) is 4.89. The number of aromatic nitrogens is 1. The van der Waals surface area contributed by atoms with Crippen molar-refractivity contribution < 1.29 is 32.2 Å². The summed E-state index contributed by atoms with van der Waals surface area (Å²) in [6.45, 7) is -0.196. The summed E-state index contributed by atoms with van der Waals surface area (Å²) >= 11 is 0. The lowest BCUT2D eigenvalue weighted by molar-refractivity contribution is -0.383. The molecule has 1 unspecified atom stereocenters. The normalized spacial score (nSPS) is 14.7. The Hall–Kier alpha value is -4.78. The fourth-order valence-corrected chi connectivity index (χ4v) is 6.59.